The van der Waals surface area contributed by atoms with Gasteiger partial charge < -0.3 is 24.4 Å². The number of aliphatic carboxylic acids is 1. The molecule has 2 heterocycles. The number of ether oxygens (including phenoxy) is 3. The minimum absolute atomic E-state index is 0.00297. The number of carboxylic acids is 1. The molecule has 11 nitrogen and oxygen atoms in total. The molecule has 0 unspecified atom stereocenters. The van der Waals surface area contributed by atoms with E-state index in [9.17, 15) is 29.4 Å². The van der Waals surface area contributed by atoms with Gasteiger partial charge in [-0.1, -0.05) is 60.7 Å². The van der Waals surface area contributed by atoms with Gasteiger partial charge >= 0.3 is 24.1 Å². The van der Waals surface area contributed by atoms with Crippen LogP contribution in [0, 0.1) is 0 Å². The van der Waals surface area contributed by atoms with E-state index in [4.69, 9.17) is 14.2 Å². The zero-order valence-corrected chi connectivity index (χ0v) is 20.0. The van der Waals surface area contributed by atoms with E-state index < -0.39 is 48.4 Å². The predicted molar refractivity (Wildman–Crippen MR) is 127 cm³/mol. The van der Waals surface area contributed by atoms with E-state index in [1.54, 1.807) is 48.5 Å². The highest BCUT2D eigenvalue weighted by Gasteiger charge is 2.46. The van der Waals surface area contributed by atoms with Crippen molar-refractivity contribution in [2.24, 2.45) is 0 Å². The van der Waals surface area contributed by atoms with Crippen molar-refractivity contribution in [3.8, 4) is 0 Å². The number of esters is 1. The molecule has 2 saturated heterocycles. The molecule has 0 aliphatic carbocycles. The summed E-state index contributed by atoms with van der Waals surface area (Å²) in [6.07, 6.45) is -3.65. The lowest BCUT2D eigenvalue weighted by Gasteiger charge is -2.24. The lowest BCUT2D eigenvalue weighted by Crippen LogP contribution is -2.43. The number of rotatable bonds is 7. The quantitative estimate of drug-likeness (QED) is 0.421. The number of β-amino-alcohol motifs (C(OH)–C–C–N with tert-alkyl or cyclic N) is 1. The minimum Gasteiger partial charge on any atom is -0.480 e. The number of aliphatic hydroxyl groups is 1. The first-order chi connectivity index (χ1) is 17.8. The summed E-state index contributed by atoms with van der Waals surface area (Å²) in [6, 6.07) is 15.6. The maximum Gasteiger partial charge on any atom is 0.410 e. The Morgan fingerprint density at radius 3 is 1.78 bits per heavy atom. The predicted octanol–water partition coefficient (Wildman–Crippen LogP) is 2.17. The van der Waals surface area contributed by atoms with Crippen LogP contribution in [0.3, 0.4) is 0 Å². The summed E-state index contributed by atoms with van der Waals surface area (Å²) < 4.78 is 16.0. The summed E-state index contributed by atoms with van der Waals surface area (Å²) in [7, 11) is 0. The second-order valence-corrected chi connectivity index (χ2v) is 8.94. The monoisotopic (exact) mass is 512 g/mol. The Labute approximate surface area is 213 Å². The zero-order valence-electron chi connectivity index (χ0n) is 20.0. The van der Waals surface area contributed by atoms with Gasteiger partial charge in [0.2, 0.25) is 0 Å². The van der Waals surface area contributed by atoms with Crippen molar-refractivity contribution >= 4 is 24.1 Å². The van der Waals surface area contributed by atoms with Gasteiger partial charge in [-0.05, 0) is 11.1 Å². The van der Waals surface area contributed by atoms with Gasteiger partial charge in [0.05, 0.1) is 19.2 Å². The zero-order chi connectivity index (χ0) is 26.4. The van der Waals surface area contributed by atoms with Gasteiger partial charge in [0, 0.05) is 12.8 Å². The SMILES string of the molecule is O=C(O)[C@H]1C[C@@H](OC(=O)[C@H]2C[C@@H](O)CN2C(=O)OCc2ccccc2)CN1C(=O)OCc1ccccc1. The molecule has 0 radical (unpaired) electrons. The Kier molecular flexibility index (Phi) is 8.24. The lowest BCUT2D eigenvalue weighted by atomic mass is 10.2. The molecule has 2 amide bonds. The number of hydrogen-bond donors (Lipinski definition) is 2. The minimum atomic E-state index is -1.25. The number of nitrogens with zero attached hydrogens (tertiary/aromatic N) is 2. The van der Waals surface area contributed by atoms with E-state index in [2.05, 4.69) is 0 Å². The highest BCUT2D eigenvalue weighted by molar-refractivity contribution is 5.83. The molecule has 2 aromatic carbocycles. The molecule has 4 atom stereocenters. The molecular weight excluding hydrogens is 484 g/mol. The topological polar surface area (TPSA) is 143 Å². The van der Waals surface area contributed by atoms with Gasteiger partial charge in [-0.2, -0.15) is 0 Å². The second-order valence-electron chi connectivity index (χ2n) is 8.94. The van der Waals surface area contributed by atoms with E-state index in [1.165, 1.54) is 0 Å². The smallest absolute Gasteiger partial charge is 0.410 e. The first-order valence-corrected chi connectivity index (χ1v) is 11.9. The third kappa shape index (κ3) is 6.56. The summed E-state index contributed by atoms with van der Waals surface area (Å²) >= 11 is 0. The Morgan fingerprint density at radius 1 is 0.757 bits per heavy atom. The number of carbonyl (C=O) groups excluding carboxylic acids is 3. The molecule has 2 aliphatic heterocycles. The summed E-state index contributed by atoms with van der Waals surface area (Å²) in [6.45, 7) is -0.318. The van der Waals surface area contributed by atoms with Crippen LogP contribution < -0.4 is 0 Å². The van der Waals surface area contributed by atoms with Crippen molar-refractivity contribution in [2.45, 2.75) is 50.3 Å². The van der Waals surface area contributed by atoms with Crippen LogP contribution in [0.2, 0.25) is 0 Å². The fraction of sp³-hybridized carbons (Fsp3) is 0.385. The van der Waals surface area contributed by atoms with Gasteiger partial charge in [0.15, 0.2) is 0 Å². The van der Waals surface area contributed by atoms with Gasteiger partial charge in [-0.3, -0.25) is 9.80 Å². The standard InChI is InChI=1S/C26H28N2O9/c29-19-11-22(27(13-19)25(33)35-15-17-7-3-1-4-8-17)24(32)37-20-12-21(23(30)31)28(14-20)26(34)36-16-18-9-5-2-6-10-18/h1-10,19-22,29H,11-16H2,(H,30,31)/t19-,20-,21-,22-/m1/s1. The maximum atomic E-state index is 12.9. The Bertz CT molecular complexity index is 1110. The molecule has 0 bridgehead atoms. The van der Waals surface area contributed by atoms with Crippen LogP contribution in [0.15, 0.2) is 60.7 Å². The summed E-state index contributed by atoms with van der Waals surface area (Å²) in [5.74, 6) is -2.06. The van der Waals surface area contributed by atoms with Gasteiger partial charge in [-0.15, -0.1) is 0 Å². The van der Waals surface area contributed by atoms with Crippen LogP contribution in [0.4, 0.5) is 9.59 Å². The lowest BCUT2D eigenvalue weighted by molar-refractivity contribution is -0.153. The number of amides is 2. The summed E-state index contributed by atoms with van der Waals surface area (Å²) in [5.41, 5.74) is 1.50. The number of aliphatic hydroxyl groups excluding tert-OH is 1. The van der Waals surface area contributed by atoms with Crippen LogP contribution in [-0.2, 0) is 37.0 Å². The third-order valence-electron chi connectivity index (χ3n) is 6.26. The van der Waals surface area contributed by atoms with Crippen molar-refractivity contribution in [1.29, 1.82) is 0 Å². The third-order valence-corrected chi connectivity index (χ3v) is 6.26. The normalized spacial score (nSPS) is 22.9. The largest absolute Gasteiger partial charge is 0.480 e. The molecule has 0 saturated carbocycles. The average molecular weight is 513 g/mol. The number of benzene rings is 2. The van der Waals surface area contributed by atoms with Crippen LogP contribution in [-0.4, -0.2) is 81.5 Å². The molecular formula is C26H28N2O9. The highest BCUT2D eigenvalue weighted by Crippen LogP contribution is 2.26. The van der Waals surface area contributed by atoms with Crippen molar-refractivity contribution < 1.29 is 43.6 Å². The summed E-state index contributed by atoms with van der Waals surface area (Å²) in [4.78, 5) is 52.0. The molecule has 2 aliphatic rings. The molecule has 37 heavy (non-hydrogen) atoms. The van der Waals surface area contributed by atoms with E-state index in [1.807, 2.05) is 12.1 Å². The number of carboxylic acid groups (broad SMARTS) is 1. The average Bonchev–Trinajstić information content (AvgIpc) is 3.51. The van der Waals surface area contributed by atoms with Crippen LogP contribution >= 0.6 is 0 Å². The highest BCUT2D eigenvalue weighted by atomic mass is 16.6. The fourth-order valence-corrected chi connectivity index (χ4v) is 4.40. The van der Waals surface area contributed by atoms with E-state index >= 15 is 0 Å². The van der Waals surface area contributed by atoms with Crippen LogP contribution in [0.5, 0.6) is 0 Å². The molecule has 0 aromatic heterocycles. The molecule has 2 N–H and O–H groups in total. The van der Waals surface area contributed by atoms with E-state index in [-0.39, 0.29) is 39.1 Å². The van der Waals surface area contributed by atoms with E-state index in [0.717, 1.165) is 20.9 Å². The summed E-state index contributed by atoms with van der Waals surface area (Å²) in [5, 5.41) is 19.7. The van der Waals surface area contributed by atoms with Crippen molar-refractivity contribution in [2.75, 3.05) is 13.1 Å². The van der Waals surface area contributed by atoms with Crippen molar-refractivity contribution in [3.63, 3.8) is 0 Å². The van der Waals surface area contributed by atoms with Crippen molar-refractivity contribution in [1.82, 2.24) is 9.80 Å². The molecule has 2 aromatic rings. The van der Waals surface area contributed by atoms with Crippen LogP contribution in [0.1, 0.15) is 24.0 Å². The molecule has 2 fully saturated rings. The Balaban J connectivity index is 1.34. The second kappa shape index (κ2) is 11.7. The molecule has 4 rings (SSSR count). The fourth-order valence-electron chi connectivity index (χ4n) is 4.40. The Hall–Kier alpha value is -4.12. The van der Waals surface area contributed by atoms with Gasteiger partial charge in [-0.25, -0.2) is 19.2 Å². The number of likely N-dealkylation sites (tertiary alicyclic amines) is 2. The Morgan fingerprint density at radius 2 is 1.27 bits per heavy atom. The van der Waals surface area contributed by atoms with E-state index in [0.29, 0.717) is 0 Å². The number of carbonyl (C=O) groups is 4. The first kappa shape index (κ1) is 26.0. The molecule has 0 spiro atoms. The van der Waals surface area contributed by atoms with Gasteiger partial charge in [0.25, 0.3) is 0 Å². The van der Waals surface area contributed by atoms with Crippen LogP contribution in [0.25, 0.3) is 0 Å². The molecule has 196 valence electrons. The first-order valence-electron chi connectivity index (χ1n) is 11.9. The maximum absolute atomic E-state index is 12.9. The van der Waals surface area contributed by atoms with Gasteiger partial charge in [0.1, 0.15) is 31.4 Å². The number of hydrogen-bond acceptors (Lipinski definition) is 8. The molecule has 11 heteroatoms. The van der Waals surface area contributed by atoms with Crippen molar-refractivity contribution in [3.05, 3.63) is 71.8 Å².